The monoisotopic (exact) mass is 631 g/mol. The molecule has 1 saturated carbocycles. The van der Waals surface area contributed by atoms with E-state index in [0.29, 0.717) is 29.0 Å². The molecule has 2 unspecified atom stereocenters. The number of amides is 2. The van der Waals surface area contributed by atoms with Gasteiger partial charge in [0.25, 0.3) is 0 Å². The van der Waals surface area contributed by atoms with Crippen LogP contribution in [0.3, 0.4) is 0 Å². The molecule has 1 aliphatic carbocycles. The minimum absolute atomic E-state index is 0.0545. The number of carbonyl (C=O) groups excluding carboxylic acids is 2. The van der Waals surface area contributed by atoms with Crippen molar-refractivity contribution in [3.63, 3.8) is 0 Å². The standard InChI is InChI=1S/C33H41N7O2S2/c1-6-27-30(43-32(34-27)35-28(41)18-21-10-14-25(15-11-21)39(2)3)23-8-7-9-24(20-23)31-37-38-33(44-31)36-29(42)19-22-12-16-26(17-13-22)40(4)5/h10-17,23-24H,6-9,18-20H2,1-5H3,(H,34,35,41)(H,36,38,42). The molecule has 2 atom stereocenters. The van der Waals surface area contributed by atoms with E-state index in [2.05, 4.69) is 27.8 Å². The van der Waals surface area contributed by atoms with Crippen LogP contribution in [-0.4, -0.2) is 55.2 Å². The minimum Gasteiger partial charge on any atom is -0.378 e. The van der Waals surface area contributed by atoms with Crippen molar-refractivity contribution in [1.29, 1.82) is 0 Å². The molecule has 2 amide bonds. The van der Waals surface area contributed by atoms with Crippen molar-refractivity contribution in [2.75, 3.05) is 48.6 Å². The Labute approximate surface area is 267 Å². The van der Waals surface area contributed by atoms with Crippen molar-refractivity contribution < 1.29 is 9.59 Å². The number of hydrogen-bond donors (Lipinski definition) is 2. The Morgan fingerprint density at radius 3 is 1.86 bits per heavy atom. The number of aryl methyl sites for hydroxylation is 1. The molecule has 0 radical (unpaired) electrons. The Bertz CT molecular complexity index is 1560. The molecular formula is C33H41N7O2S2. The lowest BCUT2D eigenvalue weighted by Crippen LogP contribution is -2.14. The quantitative estimate of drug-likeness (QED) is 0.195. The topological polar surface area (TPSA) is 103 Å². The van der Waals surface area contributed by atoms with E-state index in [1.807, 2.05) is 86.5 Å². The molecular weight excluding hydrogens is 591 g/mol. The number of nitrogens with one attached hydrogen (secondary N) is 2. The smallest absolute Gasteiger partial charge is 0.230 e. The minimum atomic E-state index is -0.0933. The van der Waals surface area contributed by atoms with Crippen LogP contribution in [0.2, 0.25) is 0 Å². The highest BCUT2D eigenvalue weighted by Gasteiger charge is 2.30. The molecule has 11 heteroatoms. The Morgan fingerprint density at radius 2 is 1.32 bits per heavy atom. The van der Waals surface area contributed by atoms with Crippen LogP contribution in [0.1, 0.15) is 71.1 Å². The maximum atomic E-state index is 12.8. The van der Waals surface area contributed by atoms with Crippen LogP contribution in [-0.2, 0) is 28.9 Å². The van der Waals surface area contributed by atoms with Crippen LogP contribution in [0.15, 0.2) is 48.5 Å². The molecule has 0 spiro atoms. The second-order valence-corrected chi connectivity index (χ2v) is 13.8. The molecule has 1 fully saturated rings. The number of aromatic nitrogens is 3. The lowest BCUT2D eigenvalue weighted by Gasteiger charge is -2.27. The summed E-state index contributed by atoms with van der Waals surface area (Å²) in [6.07, 6.45) is 5.61. The fraction of sp³-hybridized carbons (Fsp3) is 0.424. The normalized spacial score (nSPS) is 16.4. The highest BCUT2D eigenvalue weighted by molar-refractivity contribution is 7.16. The molecule has 0 aliphatic heterocycles. The summed E-state index contributed by atoms with van der Waals surface area (Å²) in [5, 5.41) is 16.9. The van der Waals surface area contributed by atoms with Gasteiger partial charge in [-0.05, 0) is 67.0 Å². The summed E-state index contributed by atoms with van der Waals surface area (Å²) in [7, 11) is 7.99. The first-order valence-electron chi connectivity index (χ1n) is 15.1. The first kappa shape index (κ1) is 31.6. The summed E-state index contributed by atoms with van der Waals surface area (Å²) in [5.41, 5.74) is 5.20. The summed E-state index contributed by atoms with van der Waals surface area (Å²) in [4.78, 5) is 35.7. The lowest BCUT2D eigenvalue weighted by molar-refractivity contribution is -0.116. The van der Waals surface area contributed by atoms with E-state index in [9.17, 15) is 9.59 Å². The maximum Gasteiger partial charge on any atom is 0.230 e. The molecule has 1 aliphatic rings. The molecule has 44 heavy (non-hydrogen) atoms. The molecule has 0 bridgehead atoms. The Kier molecular flexibility index (Phi) is 10.3. The van der Waals surface area contributed by atoms with Gasteiger partial charge in [0.1, 0.15) is 5.01 Å². The van der Waals surface area contributed by atoms with E-state index in [0.717, 1.165) is 65.3 Å². The van der Waals surface area contributed by atoms with Gasteiger partial charge in [0.2, 0.25) is 16.9 Å². The van der Waals surface area contributed by atoms with Crippen LogP contribution < -0.4 is 20.4 Å². The number of nitrogens with zero attached hydrogens (tertiary/aromatic N) is 5. The van der Waals surface area contributed by atoms with Gasteiger partial charge in [-0.15, -0.1) is 21.5 Å². The molecule has 9 nitrogen and oxygen atoms in total. The van der Waals surface area contributed by atoms with E-state index in [1.54, 1.807) is 11.3 Å². The predicted molar refractivity (Wildman–Crippen MR) is 182 cm³/mol. The molecule has 5 rings (SSSR count). The van der Waals surface area contributed by atoms with Gasteiger partial charge in [-0.2, -0.15) is 0 Å². The van der Waals surface area contributed by atoms with Crippen molar-refractivity contribution in [3.05, 3.63) is 75.2 Å². The number of carbonyl (C=O) groups is 2. The third-order valence-corrected chi connectivity index (χ3v) is 10.2. The first-order valence-corrected chi connectivity index (χ1v) is 16.8. The molecule has 0 saturated heterocycles. The summed E-state index contributed by atoms with van der Waals surface area (Å²) in [6, 6.07) is 16.0. The third kappa shape index (κ3) is 8.00. The molecule has 2 N–H and O–H groups in total. The van der Waals surface area contributed by atoms with Crippen molar-refractivity contribution in [3.8, 4) is 0 Å². The largest absolute Gasteiger partial charge is 0.378 e. The van der Waals surface area contributed by atoms with Gasteiger partial charge in [0.05, 0.1) is 18.5 Å². The van der Waals surface area contributed by atoms with Gasteiger partial charge in [-0.25, -0.2) is 4.98 Å². The number of thiazole rings is 1. The van der Waals surface area contributed by atoms with Gasteiger partial charge < -0.3 is 20.4 Å². The number of anilines is 4. The molecule has 232 valence electrons. The van der Waals surface area contributed by atoms with E-state index in [4.69, 9.17) is 4.98 Å². The van der Waals surface area contributed by atoms with Crippen LogP contribution >= 0.6 is 22.7 Å². The van der Waals surface area contributed by atoms with E-state index >= 15 is 0 Å². The average molecular weight is 632 g/mol. The molecule has 2 heterocycles. The van der Waals surface area contributed by atoms with Crippen LogP contribution in [0.5, 0.6) is 0 Å². The van der Waals surface area contributed by atoms with Gasteiger partial charge in [-0.1, -0.05) is 48.9 Å². The molecule has 2 aromatic carbocycles. The highest BCUT2D eigenvalue weighted by Crippen LogP contribution is 2.45. The zero-order chi connectivity index (χ0) is 31.2. The fourth-order valence-corrected chi connectivity index (χ4v) is 7.74. The first-order chi connectivity index (χ1) is 21.2. The highest BCUT2D eigenvalue weighted by atomic mass is 32.1. The zero-order valence-corrected chi connectivity index (χ0v) is 27.7. The van der Waals surface area contributed by atoms with Crippen molar-refractivity contribution in [2.45, 2.75) is 63.7 Å². The fourth-order valence-electron chi connectivity index (χ4n) is 5.61. The molecule has 2 aromatic heterocycles. The van der Waals surface area contributed by atoms with E-state index in [1.165, 1.54) is 16.2 Å². The third-order valence-electron chi connectivity index (χ3n) is 8.02. The summed E-state index contributed by atoms with van der Waals surface area (Å²) in [5.74, 6) is 0.494. The van der Waals surface area contributed by atoms with Gasteiger partial charge in [0.15, 0.2) is 5.13 Å². The summed E-state index contributed by atoms with van der Waals surface area (Å²) in [6.45, 7) is 2.12. The lowest BCUT2D eigenvalue weighted by atomic mass is 9.80. The number of rotatable bonds is 11. The van der Waals surface area contributed by atoms with Crippen LogP contribution in [0.4, 0.5) is 21.6 Å². The Morgan fingerprint density at radius 1 is 0.773 bits per heavy atom. The maximum absolute atomic E-state index is 12.8. The average Bonchev–Trinajstić information content (AvgIpc) is 3.64. The molecule has 4 aromatic rings. The number of benzene rings is 2. The van der Waals surface area contributed by atoms with Gasteiger partial charge >= 0.3 is 0 Å². The van der Waals surface area contributed by atoms with E-state index in [-0.39, 0.29) is 17.7 Å². The van der Waals surface area contributed by atoms with Crippen molar-refractivity contribution >= 4 is 56.1 Å². The van der Waals surface area contributed by atoms with Gasteiger partial charge in [-0.3, -0.25) is 9.59 Å². The van der Waals surface area contributed by atoms with Crippen LogP contribution in [0, 0.1) is 0 Å². The number of hydrogen-bond acceptors (Lipinski definition) is 9. The van der Waals surface area contributed by atoms with Gasteiger partial charge in [0, 0.05) is 50.4 Å². The SMILES string of the molecule is CCc1nc(NC(=O)Cc2ccc(N(C)C)cc2)sc1C1CCCC(c2nnc(NC(=O)Cc3ccc(N(C)C)cc3)s2)C1. The zero-order valence-electron chi connectivity index (χ0n) is 26.1. The van der Waals surface area contributed by atoms with Crippen LogP contribution in [0.25, 0.3) is 0 Å². The van der Waals surface area contributed by atoms with E-state index < -0.39 is 0 Å². The van der Waals surface area contributed by atoms with Crippen molar-refractivity contribution in [2.24, 2.45) is 0 Å². The summed E-state index contributed by atoms with van der Waals surface area (Å²) >= 11 is 3.08. The summed E-state index contributed by atoms with van der Waals surface area (Å²) < 4.78 is 0. The predicted octanol–water partition coefficient (Wildman–Crippen LogP) is 6.49. The Balaban J connectivity index is 1.18. The van der Waals surface area contributed by atoms with Crippen molar-refractivity contribution in [1.82, 2.24) is 15.2 Å². The second kappa shape index (κ2) is 14.3. The second-order valence-electron chi connectivity index (χ2n) is 11.8. The Hall–Kier alpha value is -3.83.